The molecule has 0 spiro atoms. The van der Waals surface area contributed by atoms with Crippen molar-refractivity contribution in [1.29, 1.82) is 0 Å². The topological polar surface area (TPSA) is 46.2 Å². The fourth-order valence-corrected chi connectivity index (χ4v) is 6.22. The molecule has 35 heavy (non-hydrogen) atoms. The van der Waals surface area contributed by atoms with Crippen molar-refractivity contribution in [2.24, 2.45) is 0 Å². The first-order valence-electron chi connectivity index (χ1n) is 10.8. The number of amides is 1. The number of hydrogen-bond donors (Lipinski definition) is 1. The molecule has 2 atom stereocenters. The average Bonchev–Trinajstić information content (AvgIpc) is 2.88. The van der Waals surface area contributed by atoms with Gasteiger partial charge in [-0.1, -0.05) is 83.9 Å². The second-order valence-electron chi connectivity index (χ2n) is 7.57. The van der Waals surface area contributed by atoms with E-state index in [1.54, 1.807) is 36.4 Å². The molecule has 0 unspecified atom stereocenters. The molecule has 176 valence electrons. The van der Waals surface area contributed by atoms with E-state index in [-0.39, 0.29) is 11.0 Å². The number of carbonyl (C=O) groups is 2. The summed E-state index contributed by atoms with van der Waals surface area (Å²) in [6.07, 6.45) is 0. The molecule has 0 aliphatic carbocycles. The largest absolute Gasteiger partial charge is 0.340 e. The van der Waals surface area contributed by atoms with E-state index in [0.29, 0.717) is 21.2 Å². The third-order valence-electron chi connectivity index (χ3n) is 5.12. The summed E-state index contributed by atoms with van der Waals surface area (Å²) in [5, 5.41) is 3.23. The molecular formula is C28H21Cl2NO2S2. The van der Waals surface area contributed by atoms with Crippen molar-refractivity contribution in [2.75, 3.05) is 0 Å². The van der Waals surface area contributed by atoms with Crippen LogP contribution in [0.1, 0.15) is 21.2 Å². The Morgan fingerprint density at radius 2 is 1.29 bits per heavy atom. The summed E-state index contributed by atoms with van der Waals surface area (Å²) in [6.45, 7) is 0. The molecule has 0 bridgehead atoms. The number of halogens is 2. The molecule has 3 nitrogen and oxygen atoms in total. The van der Waals surface area contributed by atoms with E-state index < -0.39 is 11.3 Å². The summed E-state index contributed by atoms with van der Waals surface area (Å²) in [6, 6.07) is 32.3. The quantitative estimate of drug-likeness (QED) is 0.231. The van der Waals surface area contributed by atoms with Crippen LogP contribution in [-0.2, 0) is 4.79 Å². The van der Waals surface area contributed by atoms with Crippen molar-refractivity contribution in [3.63, 3.8) is 0 Å². The second kappa shape index (κ2) is 12.3. The van der Waals surface area contributed by atoms with Crippen LogP contribution < -0.4 is 5.32 Å². The van der Waals surface area contributed by atoms with E-state index in [2.05, 4.69) is 5.32 Å². The molecule has 0 fully saturated rings. The lowest BCUT2D eigenvalue weighted by Crippen LogP contribution is -2.43. The molecular weight excluding hydrogens is 517 g/mol. The minimum absolute atomic E-state index is 0.195. The number of benzene rings is 4. The van der Waals surface area contributed by atoms with Crippen molar-refractivity contribution >= 4 is 57.7 Å². The maximum Gasteiger partial charge on any atom is 0.251 e. The molecule has 0 radical (unpaired) electrons. The highest BCUT2D eigenvalue weighted by Crippen LogP contribution is 2.43. The van der Waals surface area contributed by atoms with Gasteiger partial charge < -0.3 is 5.32 Å². The van der Waals surface area contributed by atoms with Crippen LogP contribution in [-0.4, -0.2) is 17.1 Å². The van der Waals surface area contributed by atoms with Crippen molar-refractivity contribution in [3.05, 3.63) is 130 Å². The zero-order valence-electron chi connectivity index (χ0n) is 18.4. The molecule has 1 amide bonds. The molecule has 4 aromatic rings. The molecule has 4 aromatic carbocycles. The third-order valence-corrected chi connectivity index (χ3v) is 7.97. The Hall–Kier alpha value is -2.70. The smallest absolute Gasteiger partial charge is 0.251 e. The molecule has 0 aromatic heterocycles. The van der Waals surface area contributed by atoms with E-state index in [1.807, 2.05) is 72.8 Å². The van der Waals surface area contributed by atoms with Gasteiger partial charge in [0.05, 0.1) is 5.25 Å². The molecule has 7 heteroatoms. The zero-order valence-corrected chi connectivity index (χ0v) is 21.6. The highest BCUT2D eigenvalue weighted by Gasteiger charge is 2.34. The van der Waals surface area contributed by atoms with E-state index in [1.165, 1.54) is 11.8 Å². The fraction of sp³-hybridized carbons (Fsp3) is 0.0714. The van der Waals surface area contributed by atoms with Gasteiger partial charge in [-0.25, -0.2) is 0 Å². The molecule has 1 N–H and O–H groups in total. The molecule has 0 aliphatic heterocycles. The van der Waals surface area contributed by atoms with Gasteiger partial charge in [-0.3, -0.25) is 9.59 Å². The van der Waals surface area contributed by atoms with Crippen LogP contribution in [0.15, 0.2) is 119 Å². The van der Waals surface area contributed by atoms with Crippen LogP contribution in [0.2, 0.25) is 10.0 Å². The maximum atomic E-state index is 13.7. The van der Waals surface area contributed by atoms with Crippen LogP contribution in [0, 0.1) is 0 Å². The summed E-state index contributed by atoms with van der Waals surface area (Å²) >= 11 is 15.4. The number of rotatable bonds is 8. The first kappa shape index (κ1) is 25.4. The Labute approximate surface area is 223 Å². The summed E-state index contributed by atoms with van der Waals surface area (Å²) < 4.78 is 0. The van der Waals surface area contributed by atoms with Gasteiger partial charge in [0.2, 0.25) is 5.12 Å². The van der Waals surface area contributed by atoms with Crippen molar-refractivity contribution in [3.8, 4) is 0 Å². The Bertz CT molecular complexity index is 1290. The molecule has 0 aliphatic rings. The van der Waals surface area contributed by atoms with E-state index >= 15 is 0 Å². The lowest BCUT2D eigenvalue weighted by molar-refractivity contribution is -0.112. The zero-order chi connectivity index (χ0) is 24.6. The maximum absolute atomic E-state index is 13.7. The molecule has 0 heterocycles. The minimum Gasteiger partial charge on any atom is -0.340 e. The van der Waals surface area contributed by atoms with Crippen LogP contribution in [0.4, 0.5) is 0 Å². The van der Waals surface area contributed by atoms with Gasteiger partial charge in [0, 0.05) is 25.4 Å². The lowest BCUT2D eigenvalue weighted by atomic mass is 10.0. The predicted octanol–water partition coefficient (Wildman–Crippen LogP) is 7.94. The summed E-state index contributed by atoms with van der Waals surface area (Å²) in [7, 11) is 0. The number of carbonyl (C=O) groups excluding carboxylic acids is 2. The Morgan fingerprint density at radius 3 is 1.89 bits per heavy atom. The summed E-state index contributed by atoms with van der Waals surface area (Å²) in [5.74, 6) is -0.332. The first-order valence-corrected chi connectivity index (χ1v) is 13.3. The van der Waals surface area contributed by atoms with Crippen molar-refractivity contribution in [1.82, 2.24) is 5.32 Å². The third kappa shape index (κ3) is 6.92. The molecule has 0 saturated carbocycles. The van der Waals surface area contributed by atoms with E-state index in [9.17, 15) is 9.59 Å². The van der Waals surface area contributed by atoms with Crippen LogP contribution in [0.25, 0.3) is 0 Å². The number of nitrogens with one attached hydrogen (secondary N) is 1. The SMILES string of the molecule is O=C(N[C@H](C(=O)Sc1ccccc1)[C@H](Sc1ccccc1)c1ccc(Cl)cc1Cl)c1ccccc1. The lowest BCUT2D eigenvalue weighted by Gasteiger charge is -2.28. The van der Waals surface area contributed by atoms with Crippen LogP contribution in [0.5, 0.6) is 0 Å². The predicted molar refractivity (Wildman–Crippen MR) is 147 cm³/mol. The molecule has 4 rings (SSSR count). The second-order valence-corrected chi connectivity index (χ2v) is 10.7. The number of thioether (sulfide) groups is 2. The van der Waals surface area contributed by atoms with E-state index in [0.717, 1.165) is 21.6 Å². The van der Waals surface area contributed by atoms with Gasteiger partial charge >= 0.3 is 0 Å². The van der Waals surface area contributed by atoms with E-state index in [4.69, 9.17) is 23.2 Å². The highest BCUT2D eigenvalue weighted by atomic mass is 35.5. The van der Waals surface area contributed by atoms with Gasteiger partial charge in [-0.05, 0) is 65.9 Å². The number of hydrogen-bond acceptors (Lipinski definition) is 4. The summed E-state index contributed by atoms with van der Waals surface area (Å²) in [4.78, 5) is 28.7. The fourth-order valence-electron chi connectivity index (χ4n) is 3.43. The van der Waals surface area contributed by atoms with Gasteiger partial charge in [0.15, 0.2) is 0 Å². The molecule has 0 saturated heterocycles. The minimum atomic E-state index is -0.878. The van der Waals surface area contributed by atoms with Gasteiger partial charge in [0.25, 0.3) is 5.91 Å². The summed E-state index contributed by atoms with van der Waals surface area (Å²) in [5.41, 5.74) is 1.19. The highest BCUT2D eigenvalue weighted by molar-refractivity contribution is 8.14. The van der Waals surface area contributed by atoms with Gasteiger partial charge in [-0.2, -0.15) is 0 Å². The van der Waals surface area contributed by atoms with Crippen molar-refractivity contribution in [2.45, 2.75) is 21.1 Å². The Morgan fingerprint density at radius 1 is 0.714 bits per heavy atom. The standard InChI is InChI=1S/C28H21Cl2NO2S2/c29-20-16-17-23(24(30)18-20)26(34-21-12-6-2-7-13-21)25(28(33)35-22-14-8-3-9-15-22)31-27(32)19-10-4-1-5-11-19/h1-18,25-26H,(H,31,32)/t25-,26+/m0/s1. The Balaban J connectivity index is 1.75. The van der Waals surface area contributed by atoms with Crippen LogP contribution >= 0.6 is 46.7 Å². The van der Waals surface area contributed by atoms with Gasteiger partial charge in [0.1, 0.15) is 6.04 Å². The van der Waals surface area contributed by atoms with Crippen molar-refractivity contribution < 1.29 is 9.59 Å². The monoisotopic (exact) mass is 537 g/mol. The first-order chi connectivity index (χ1) is 17.0. The average molecular weight is 539 g/mol. The van der Waals surface area contributed by atoms with Crippen LogP contribution in [0.3, 0.4) is 0 Å². The normalized spacial score (nSPS) is 12.5. The van der Waals surface area contributed by atoms with Gasteiger partial charge in [-0.15, -0.1) is 11.8 Å². The Kier molecular flexibility index (Phi) is 8.94.